The lowest BCUT2D eigenvalue weighted by Gasteiger charge is -2.18. The molecule has 0 bridgehead atoms. The van der Waals surface area contributed by atoms with E-state index >= 15 is 0 Å². The number of ether oxygens (including phenoxy) is 1. The van der Waals surface area contributed by atoms with Gasteiger partial charge in [-0.3, -0.25) is 4.98 Å². The van der Waals surface area contributed by atoms with Crippen molar-refractivity contribution in [1.82, 2.24) is 4.98 Å². The highest BCUT2D eigenvalue weighted by atomic mass is 32.2. The number of rotatable bonds is 3. The second kappa shape index (κ2) is 5.88. The van der Waals surface area contributed by atoms with Gasteiger partial charge in [-0.05, 0) is 29.1 Å². The van der Waals surface area contributed by atoms with Gasteiger partial charge >= 0.3 is 5.97 Å². The Morgan fingerprint density at radius 3 is 2.52 bits per heavy atom. The molecule has 0 fully saturated rings. The standard InChI is InChI=1S/C16H20N2O2S/c1-5-12-14(16(19)20-6-2)15(21(3,4)17)11-9-7-8-10-13(11)18-12/h7-10H,5-6H2,1-4H3. The third-order valence-corrected chi connectivity index (χ3v) is 4.66. The van der Waals surface area contributed by atoms with Crippen LogP contribution in [-0.4, -0.2) is 30.1 Å². The molecule has 0 unspecified atom stereocenters. The van der Waals surface area contributed by atoms with Crippen LogP contribution in [-0.2, 0) is 11.2 Å². The molecule has 1 heterocycles. The quantitative estimate of drug-likeness (QED) is 0.807. The van der Waals surface area contributed by atoms with Crippen LogP contribution in [0.5, 0.6) is 0 Å². The molecule has 2 rings (SSSR count). The number of para-hydroxylation sites is 1. The molecule has 0 saturated heterocycles. The van der Waals surface area contributed by atoms with Gasteiger partial charge in [-0.1, -0.05) is 25.1 Å². The first-order valence-electron chi connectivity index (χ1n) is 6.94. The van der Waals surface area contributed by atoms with Gasteiger partial charge in [0, 0.05) is 22.8 Å². The molecule has 21 heavy (non-hydrogen) atoms. The van der Waals surface area contributed by atoms with Crippen LogP contribution in [0.25, 0.3) is 10.9 Å². The van der Waals surface area contributed by atoms with E-state index in [0.29, 0.717) is 29.2 Å². The first-order chi connectivity index (χ1) is 9.90. The maximum absolute atomic E-state index is 12.4. The van der Waals surface area contributed by atoms with E-state index in [1.54, 1.807) is 19.4 Å². The van der Waals surface area contributed by atoms with Gasteiger partial charge in [0.05, 0.1) is 23.4 Å². The summed E-state index contributed by atoms with van der Waals surface area (Å²) in [5.41, 5.74) is 1.91. The molecule has 0 aliphatic heterocycles. The van der Waals surface area contributed by atoms with Crippen LogP contribution in [0.4, 0.5) is 0 Å². The predicted octanol–water partition coefficient (Wildman–Crippen LogP) is 3.88. The second-order valence-electron chi connectivity index (χ2n) is 5.13. The van der Waals surface area contributed by atoms with E-state index in [0.717, 1.165) is 10.9 Å². The first-order valence-corrected chi connectivity index (χ1v) is 9.35. The summed E-state index contributed by atoms with van der Waals surface area (Å²) >= 11 is 0. The zero-order valence-corrected chi connectivity index (χ0v) is 13.7. The van der Waals surface area contributed by atoms with Crippen molar-refractivity contribution >= 4 is 26.5 Å². The van der Waals surface area contributed by atoms with Crippen molar-refractivity contribution < 1.29 is 9.53 Å². The molecule has 5 heteroatoms. The molecule has 0 aliphatic carbocycles. The fraction of sp³-hybridized carbons (Fsp3) is 0.375. The van der Waals surface area contributed by atoms with Crippen LogP contribution in [0.2, 0.25) is 0 Å². The number of nitrogens with zero attached hydrogens (tertiary/aromatic N) is 2. The molecule has 4 nitrogen and oxygen atoms in total. The van der Waals surface area contributed by atoms with E-state index in [4.69, 9.17) is 4.74 Å². The lowest BCUT2D eigenvalue weighted by atomic mass is 10.1. The second-order valence-corrected chi connectivity index (χ2v) is 8.08. The van der Waals surface area contributed by atoms with Crippen LogP contribution in [0.15, 0.2) is 29.2 Å². The Labute approximate surface area is 126 Å². The van der Waals surface area contributed by atoms with Crippen LogP contribution >= 0.6 is 9.66 Å². The molecule has 0 radical (unpaired) electrons. The Balaban J connectivity index is 2.93. The predicted molar refractivity (Wildman–Crippen MR) is 86.5 cm³/mol. The van der Waals surface area contributed by atoms with E-state index < -0.39 is 15.6 Å². The molecule has 0 spiro atoms. The molecule has 0 N–H and O–H groups in total. The maximum atomic E-state index is 12.4. The van der Waals surface area contributed by atoms with Gasteiger partial charge in [-0.15, -0.1) is 0 Å². The smallest absolute Gasteiger partial charge is 0.341 e. The average molecular weight is 304 g/mol. The molecule has 1 aromatic carbocycles. The van der Waals surface area contributed by atoms with Crippen molar-refractivity contribution in [3.63, 3.8) is 0 Å². The number of carbonyl (C=O) groups is 1. The normalized spacial score (nSPS) is 11.6. The monoisotopic (exact) mass is 304 g/mol. The van der Waals surface area contributed by atoms with Crippen molar-refractivity contribution in [2.45, 2.75) is 25.2 Å². The van der Waals surface area contributed by atoms with Crippen LogP contribution in [0.3, 0.4) is 0 Å². The van der Waals surface area contributed by atoms with Crippen molar-refractivity contribution in [2.75, 3.05) is 19.1 Å². The van der Waals surface area contributed by atoms with Crippen molar-refractivity contribution in [3.05, 3.63) is 35.5 Å². The van der Waals surface area contributed by atoms with E-state index in [1.807, 2.05) is 31.2 Å². The lowest BCUT2D eigenvalue weighted by molar-refractivity contribution is 0.0520. The van der Waals surface area contributed by atoms with Gasteiger partial charge in [0.2, 0.25) is 0 Å². The summed E-state index contributed by atoms with van der Waals surface area (Å²) in [6, 6.07) is 7.59. The highest BCUT2D eigenvalue weighted by Gasteiger charge is 2.25. The zero-order valence-electron chi connectivity index (χ0n) is 12.8. The van der Waals surface area contributed by atoms with E-state index in [9.17, 15) is 9.40 Å². The summed E-state index contributed by atoms with van der Waals surface area (Å²) in [6.07, 6.45) is 4.13. The minimum atomic E-state index is -2.10. The van der Waals surface area contributed by atoms with E-state index in [2.05, 4.69) is 4.98 Å². The summed E-state index contributed by atoms with van der Waals surface area (Å²) in [5, 5.41) is 0.820. The van der Waals surface area contributed by atoms with E-state index in [1.165, 1.54) is 0 Å². The van der Waals surface area contributed by atoms with Gasteiger partial charge in [0.25, 0.3) is 0 Å². The number of aryl methyl sites for hydroxylation is 1. The number of hydrogen-bond acceptors (Lipinski definition) is 4. The molecule has 0 atom stereocenters. The molecule has 0 aliphatic rings. The Kier molecular flexibility index (Phi) is 4.35. The van der Waals surface area contributed by atoms with Crippen molar-refractivity contribution in [2.24, 2.45) is 0 Å². The minimum absolute atomic E-state index is 0.301. The third-order valence-electron chi connectivity index (χ3n) is 3.23. The van der Waals surface area contributed by atoms with Crippen LogP contribution in [0, 0.1) is 4.61 Å². The van der Waals surface area contributed by atoms with Gasteiger partial charge in [0.1, 0.15) is 0 Å². The number of carbonyl (C=O) groups excluding carboxylic acids is 1. The third kappa shape index (κ3) is 2.94. The molecule has 112 valence electrons. The fourth-order valence-electron chi connectivity index (χ4n) is 2.42. The van der Waals surface area contributed by atoms with Crippen LogP contribution < -0.4 is 0 Å². The summed E-state index contributed by atoms with van der Waals surface area (Å²) in [7, 11) is -2.10. The highest BCUT2D eigenvalue weighted by molar-refractivity contribution is 8.20. The summed E-state index contributed by atoms with van der Waals surface area (Å²) < 4.78 is 15.8. The Bertz CT molecular complexity index is 794. The molecule has 0 saturated carbocycles. The summed E-state index contributed by atoms with van der Waals surface area (Å²) in [6.45, 7) is 4.02. The molecule has 1 aromatic heterocycles. The van der Waals surface area contributed by atoms with Gasteiger partial charge < -0.3 is 4.74 Å². The summed E-state index contributed by atoms with van der Waals surface area (Å²) in [4.78, 5) is 17.6. The zero-order chi connectivity index (χ0) is 15.6. The highest BCUT2D eigenvalue weighted by Crippen LogP contribution is 2.43. The number of esters is 1. The Hall–Kier alpha value is -1.84. The Morgan fingerprint density at radius 1 is 1.29 bits per heavy atom. The number of fused-ring (bicyclic) bond motifs is 1. The SMILES string of the molecule is CCOC(=O)c1c(CC)nc2ccccc2c1S(C)(C)#N. The van der Waals surface area contributed by atoms with Gasteiger partial charge in [-0.25, -0.2) is 9.40 Å². The minimum Gasteiger partial charge on any atom is -0.462 e. The van der Waals surface area contributed by atoms with Crippen LogP contribution in [0.1, 0.15) is 29.9 Å². The first kappa shape index (κ1) is 15.5. The average Bonchev–Trinajstić information content (AvgIpc) is 2.44. The molecular formula is C16H20N2O2S. The van der Waals surface area contributed by atoms with Gasteiger partial charge in [-0.2, -0.15) is 0 Å². The van der Waals surface area contributed by atoms with Crippen molar-refractivity contribution in [1.29, 1.82) is 4.61 Å². The van der Waals surface area contributed by atoms with Crippen molar-refractivity contribution in [3.8, 4) is 0 Å². The van der Waals surface area contributed by atoms with Gasteiger partial charge in [0.15, 0.2) is 0 Å². The molecule has 2 aromatic rings. The number of hydrogen-bond donors (Lipinski definition) is 0. The number of aromatic nitrogens is 1. The molecule has 0 amide bonds. The number of pyridine rings is 1. The summed E-state index contributed by atoms with van der Waals surface area (Å²) in [5.74, 6) is -0.405. The Morgan fingerprint density at radius 2 is 1.95 bits per heavy atom. The maximum Gasteiger partial charge on any atom is 0.341 e. The fourth-order valence-corrected chi connectivity index (χ4v) is 3.83. The number of benzene rings is 1. The largest absolute Gasteiger partial charge is 0.462 e. The van der Waals surface area contributed by atoms with E-state index in [-0.39, 0.29) is 0 Å². The molecular weight excluding hydrogens is 284 g/mol. The topological polar surface area (TPSA) is 63.0 Å². The lowest BCUT2D eigenvalue weighted by Crippen LogP contribution is -2.13.